The van der Waals surface area contributed by atoms with Crippen molar-refractivity contribution in [3.8, 4) is 0 Å². The van der Waals surface area contributed by atoms with Crippen LogP contribution in [0.3, 0.4) is 0 Å². The van der Waals surface area contributed by atoms with Crippen molar-refractivity contribution in [2.45, 2.75) is 25.9 Å². The minimum atomic E-state index is -0.529. The minimum Gasteiger partial charge on any atom is -0.284 e. The lowest BCUT2D eigenvalue weighted by molar-refractivity contribution is -0.127. The van der Waals surface area contributed by atoms with Crippen LogP contribution >= 0.6 is 11.3 Å². The van der Waals surface area contributed by atoms with Gasteiger partial charge in [0.1, 0.15) is 11.9 Å². The van der Waals surface area contributed by atoms with Gasteiger partial charge in [0.15, 0.2) is 0 Å². The monoisotopic (exact) mass is 407 g/mol. The molecular weight excluding hydrogens is 385 g/mol. The summed E-state index contributed by atoms with van der Waals surface area (Å²) >= 11 is 1.76. The minimum absolute atomic E-state index is 0.223. The SMILES string of the molecule is Cc1ccc(/C=N/NC(=O)C(c2ccc(F)cc2)N2CCc3sccc3C2)cc1. The molecule has 1 aromatic heterocycles. The zero-order valence-corrected chi connectivity index (χ0v) is 17.0. The number of carbonyl (C=O) groups excluding carboxylic acids is 1. The van der Waals surface area contributed by atoms with Crippen molar-refractivity contribution >= 4 is 23.5 Å². The first kappa shape index (κ1) is 19.5. The highest BCUT2D eigenvalue weighted by Gasteiger charge is 2.30. The van der Waals surface area contributed by atoms with Crippen molar-refractivity contribution < 1.29 is 9.18 Å². The number of amides is 1. The lowest BCUT2D eigenvalue weighted by Gasteiger charge is -2.33. The Morgan fingerprint density at radius 3 is 2.69 bits per heavy atom. The van der Waals surface area contributed by atoms with E-state index >= 15 is 0 Å². The molecule has 4 nitrogen and oxygen atoms in total. The number of rotatable bonds is 5. The Morgan fingerprint density at radius 1 is 1.17 bits per heavy atom. The van der Waals surface area contributed by atoms with Crippen LogP contribution < -0.4 is 5.43 Å². The van der Waals surface area contributed by atoms with E-state index in [2.05, 4.69) is 26.9 Å². The van der Waals surface area contributed by atoms with E-state index in [0.717, 1.165) is 24.1 Å². The molecule has 6 heteroatoms. The smallest absolute Gasteiger partial charge is 0.262 e. The quantitative estimate of drug-likeness (QED) is 0.502. The number of halogens is 1. The average Bonchev–Trinajstić information content (AvgIpc) is 3.19. The van der Waals surface area contributed by atoms with E-state index in [0.29, 0.717) is 6.54 Å². The predicted molar refractivity (Wildman–Crippen MR) is 114 cm³/mol. The van der Waals surface area contributed by atoms with Crippen LogP contribution in [-0.2, 0) is 17.8 Å². The third-order valence-corrected chi connectivity index (χ3v) is 6.13. The molecule has 29 heavy (non-hydrogen) atoms. The van der Waals surface area contributed by atoms with E-state index in [-0.39, 0.29) is 11.7 Å². The van der Waals surface area contributed by atoms with Gasteiger partial charge in [0.05, 0.1) is 6.21 Å². The molecule has 0 spiro atoms. The molecule has 0 saturated carbocycles. The van der Waals surface area contributed by atoms with Crippen LogP contribution in [-0.4, -0.2) is 23.6 Å². The van der Waals surface area contributed by atoms with Crippen LogP contribution in [0, 0.1) is 12.7 Å². The molecule has 2 aromatic carbocycles. The van der Waals surface area contributed by atoms with Crippen LogP contribution in [0.4, 0.5) is 4.39 Å². The third kappa shape index (κ3) is 4.60. The number of benzene rings is 2. The Hall–Kier alpha value is -2.83. The second-order valence-electron chi connectivity index (χ2n) is 7.19. The number of thiophene rings is 1. The number of aryl methyl sites for hydroxylation is 1. The number of carbonyl (C=O) groups is 1. The normalized spacial score (nSPS) is 15.2. The molecule has 2 heterocycles. The Morgan fingerprint density at radius 2 is 1.93 bits per heavy atom. The summed E-state index contributed by atoms with van der Waals surface area (Å²) in [6.45, 7) is 3.48. The third-order valence-electron chi connectivity index (χ3n) is 5.10. The molecule has 1 amide bonds. The molecule has 1 N–H and O–H groups in total. The first-order valence-corrected chi connectivity index (χ1v) is 10.4. The topological polar surface area (TPSA) is 44.7 Å². The maximum absolute atomic E-state index is 13.4. The van der Waals surface area contributed by atoms with Crippen molar-refractivity contribution in [2.24, 2.45) is 5.10 Å². The van der Waals surface area contributed by atoms with E-state index in [1.54, 1.807) is 29.7 Å². The van der Waals surface area contributed by atoms with Gasteiger partial charge in [0.25, 0.3) is 5.91 Å². The summed E-state index contributed by atoms with van der Waals surface area (Å²) < 4.78 is 13.4. The molecule has 1 aliphatic rings. The number of hydrogen-bond acceptors (Lipinski definition) is 4. The Labute approximate surface area is 173 Å². The molecule has 148 valence electrons. The van der Waals surface area contributed by atoms with Gasteiger partial charge in [-0.2, -0.15) is 5.10 Å². The molecular formula is C23H22FN3OS. The highest BCUT2D eigenvalue weighted by molar-refractivity contribution is 7.10. The Balaban J connectivity index is 1.54. The zero-order valence-electron chi connectivity index (χ0n) is 16.1. The fraction of sp³-hybridized carbons (Fsp3) is 0.217. The van der Waals surface area contributed by atoms with E-state index in [4.69, 9.17) is 0 Å². The number of nitrogens with one attached hydrogen (secondary N) is 1. The fourth-order valence-corrected chi connectivity index (χ4v) is 4.44. The lowest BCUT2D eigenvalue weighted by Crippen LogP contribution is -2.41. The van der Waals surface area contributed by atoms with Crippen molar-refractivity contribution in [3.63, 3.8) is 0 Å². The standard InChI is InChI=1S/C23H22FN3OS/c1-16-2-4-17(5-3-16)14-25-26-23(28)22(18-6-8-20(24)9-7-18)27-12-10-21-19(15-27)11-13-29-21/h2-9,11,13-14,22H,10,12,15H2,1H3,(H,26,28)/b25-14+. The Bertz CT molecular complexity index is 1010. The van der Waals surface area contributed by atoms with Crippen molar-refractivity contribution in [1.29, 1.82) is 0 Å². The number of hydrazone groups is 1. The molecule has 0 bridgehead atoms. The van der Waals surface area contributed by atoms with Crippen LogP contribution in [0.5, 0.6) is 0 Å². The van der Waals surface area contributed by atoms with E-state index < -0.39 is 6.04 Å². The van der Waals surface area contributed by atoms with Gasteiger partial charge in [-0.1, -0.05) is 42.0 Å². The summed E-state index contributed by atoms with van der Waals surface area (Å²) in [6.07, 6.45) is 2.54. The second kappa shape index (κ2) is 8.68. The van der Waals surface area contributed by atoms with E-state index in [9.17, 15) is 9.18 Å². The average molecular weight is 408 g/mol. The molecule has 3 aromatic rings. The van der Waals surface area contributed by atoms with Crippen LogP contribution in [0.25, 0.3) is 0 Å². The predicted octanol–water partition coefficient (Wildman–Crippen LogP) is 4.45. The molecule has 1 unspecified atom stereocenters. The van der Waals surface area contributed by atoms with Crippen LogP contribution in [0.2, 0.25) is 0 Å². The summed E-state index contributed by atoms with van der Waals surface area (Å²) in [7, 11) is 0. The number of hydrogen-bond donors (Lipinski definition) is 1. The van der Waals surface area contributed by atoms with Crippen LogP contribution in [0.1, 0.15) is 33.2 Å². The van der Waals surface area contributed by atoms with Gasteiger partial charge in [-0.25, -0.2) is 9.82 Å². The van der Waals surface area contributed by atoms with Gasteiger partial charge in [-0.05, 0) is 53.6 Å². The van der Waals surface area contributed by atoms with E-state index in [1.807, 2.05) is 31.2 Å². The largest absolute Gasteiger partial charge is 0.284 e. The highest BCUT2D eigenvalue weighted by atomic mass is 32.1. The van der Waals surface area contributed by atoms with E-state index in [1.165, 1.54) is 28.1 Å². The Kier molecular flexibility index (Phi) is 5.83. The fourth-order valence-electron chi connectivity index (χ4n) is 3.55. The lowest BCUT2D eigenvalue weighted by atomic mass is 10.0. The molecule has 4 rings (SSSR count). The molecule has 1 aliphatic heterocycles. The van der Waals surface area contributed by atoms with Crippen LogP contribution in [0.15, 0.2) is 65.1 Å². The molecule has 0 aliphatic carbocycles. The maximum atomic E-state index is 13.4. The highest BCUT2D eigenvalue weighted by Crippen LogP contribution is 2.30. The number of nitrogens with zero attached hydrogens (tertiary/aromatic N) is 2. The molecule has 0 saturated heterocycles. The zero-order chi connectivity index (χ0) is 20.2. The second-order valence-corrected chi connectivity index (χ2v) is 8.19. The van der Waals surface area contributed by atoms with Crippen molar-refractivity contribution in [1.82, 2.24) is 10.3 Å². The summed E-state index contributed by atoms with van der Waals surface area (Å²) in [4.78, 5) is 16.6. The number of fused-ring (bicyclic) bond motifs is 1. The molecule has 0 radical (unpaired) electrons. The summed E-state index contributed by atoms with van der Waals surface area (Å²) in [5.41, 5.74) is 6.76. The summed E-state index contributed by atoms with van der Waals surface area (Å²) in [6, 6.07) is 15.6. The van der Waals surface area contributed by atoms with Gasteiger partial charge in [0.2, 0.25) is 0 Å². The molecule has 1 atom stereocenters. The summed E-state index contributed by atoms with van der Waals surface area (Å²) in [5, 5.41) is 6.23. The maximum Gasteiger partial charge on any atom is 0.262 e. The summed E-state index contributed by atoms with van der Waals surface area (Å²) in [5.74, 6) is -0.539. The van der Waals surface area contributed by atoms with Gasteiger partial charge in [-0.15, -0.1) is 11.3 Å². The van der Waals surface area contributed by atoms with Gasteiger partial charge in [-0.3, -0.25) is 9.69 Å². The van der Waals surface area contributed by atoms with Crippen molar-refractivity contribution in [2.75, 3.05) is 6.54 Å². The van der Waals surface area contributed by atoms with Gasteiger partial charge >= 0.3 is 0 Å². The van der Waals surface area contributed by atoms with Crippen molar-refractivity contribution in [3.05, 3.63) is 92.9 Å². The van der Waals surface area contributed by atoms with Gasteiger partial charge in [0, 0.05) is 18.0 Å². The molecule has 0 fully saturated rings. The first-order valence-electron chi connectivity index (χ1n) is 9.54. The van der Waals surface area contributed by atoms with Gasteiger partial charge < -0.3 is 0 Å². The first-order chi connectivity index (χ1) is 14.1.